The van der Waals surface area contributed by atoms with E-state index < -0.39 is 0 Å². The van der Waals surface area contributed by atoms with Crippen LogP contribution in [0.15, 0.2) is 35.5 Å². The summed E-state index contributed by atoms with van der Waals surface area (Å²) in [5.74, 6) is -0.147. The number of carbonyl (C=O) groups is 2. The van der Waals surface area contributed by atoms with Crippen molar-refractivity contribution in [1.29, 1.82) is 10.5 Å². The average Bonchev–Trinajstić information content (AvgIpc) is 2.66. The zero-order chi connectivity index (χ0) is 21.0. The summed E-state index contributed by atoms with van der Waals surface area (Å²) in [5.41, 5.74) is 3.27. The van der Waals surface area contributed by atoms with Crippen LogP contribution in [0.2, 0.25) is 0 Å². The van der Waals surface area contributed by atoms with E-state index in [1.54, 1.807) is 0 Å². The number of benzene rings is 1. The molecule has 0 saturated heterocycles. The fraction of sp³-hybridized carbons (Fsp3) is 0.478. The lowest BCUT2D eigenvalue weighted by atomic mass is 9.70. The Morgan fingerprint density at radius 2 is 1.69 bits per heavy atom. The van der Waals surface area contributed by atoms with Crippen molar-refractivity contribution in [3.05, 3.63) is 41.1 Å². The first kappa shape index (κ1) is 20.6. The van der Waals surface area contributed by atoms with Crippen molar-refractivity contribution < 1.29 is 9.59 Å². The molecule has 0 fully saturated rings. The monoisotopic (exact) mass is 390 g/mol. The lowest BCUT2D eigenvalue weighted by molar-refractivity contribution is -0.122. The van der Waals surface area contributed by atoms with Gasteiger partial charge in [0.15, 0.2) is 5.78 Å². The van der Waals surface area contributed by atoms with Gasteiger partial charge in [0.1, 0.15) is 0 Å². The predicted octanol–water partition coefficient (Wildman–Crippen LogP) is 3.57. The molecule has 1 aliphatic heterocycles. The van der Waals surface area contributed by atoms with E-state index >= 15 is 0 Å². The highest BCUT2D eigenvalue weighted by molar-refractivity contribution is 6.02. The van der Waals surface area contributed by atoms with E-state index in [9.17, 15) is 9.59 Å². The Bertz CT molecular complexity index is 898. The number of anilines is 1. The molecule has 6 nitrogen and oxygen atoms in total. The van der Waals surface area contributed by atoms with E-state index in [-0.39, 0.29) is 29.4 Å². The van der Waals surface area contributed by atoms with Crippen LogP contribution < -0.4 is 10.2 Å². The first-order valence-corrected chi connectivity index (χ1v) is 9.99. The maximum atomic E-state index is 12.9. The first-order chi connectivity index (χ1) is 13.8. The number of ketones is 1. The molecule has 1 aliphatic carbocycles. The molecular weight excluding hydrogens is 364 g/mol. The molecule has 1 atom stereocenters. The molecule has 3 rings (SSSR count). The zero-order valence-corrected chi connectivity index (χ0v) is 17.0. The minimum atomic E-state index is -0.219. The largest absolute Gasteiger partial charge is 0.369 e. The topological polar surface area (TPSA) is 97.0 Å². The molecule has 150 valence electrons. The van der Waals surface area contributed by atoms with Gasteiger partial charge in [-0.2, -0.15) is 10.5 Å². The van der Waals surface area contributed by atoms with Crippen LogP contribution in [-0.2, 0) is 9.59 Å². The molecular formula is C23H26N4O2. The van der Waals surface area contributed by atoms with Crippen molar-refractivity contribution in [3.8, 4) is 12.1 Å². The lowest BCUT2D eigenvalue weighted by Gasteiger charge is -2.38. The van der Waals surface area contributed by atoms with Gasteiger partial charge in [-0.05, 0) is 29.5 Å². The summed E-state index contributed by atoms with van der Waals surface area (Å²) in [6.07, 6.45) is 2.24. The highest BCUT2D eigenvalue weighted by Gasteiger charge is 2.40. The van der Waals surface area contributed by atoms with Gasteiger partial charge in [0.05, 0.1) is 25.0 Å². The van der Waals surface area contributed by atoms with Crippen molar-refractivity contribution in [2.45, 2.75) is 51.9 Å². The number of nitriles is 2. The van der Waals surface area contributed by atoms with E-state index in [1.165, 1.54) is 0 Å². The highest BCUT2D eigenvalue weighted by Crippen LogP contribution is 2.44. The van der Waals surface area contributed by atoms with Gasteiger partial charge in [0.25, 0.3) is 0 Å². The molecule has 0 radical (unpaired) electrons. The number of carbonyl (C=O) groups excluding carboxylic acids is 2. The number of amides is 1. The van der Waals surface area contributed by atoms with Gasteiger partial charge in [0, 0.05) is 48.8 Å². The van der Waals surface area contributed by atoms with Crippen molar-refractivity contribution in [3.63, 3.8) is 0 Å². The molecule has 1 N–H and O–H groups in total. The quantitative estimate of drug-likeness (QED) is 0.801. The van der Waals surface area contributed by atoms with E-state index in [0.717, 1.165) is 22.5 Å². The number of allylic oxidation sites excluding steroid dienone is 2. The summed E-state index contributed by atoms with van der Waals surface area (Å²) in [4.78, 5) is 27.2. The highest BCUT2D eigenvalue weighted by atomic mass is 16.2. The van der Waals surface area contributed by atoms with Gasteiger partial charge in [-0.15, -0.1) is 0 Å². The Morgan fingerprint density at radius 1 is 1.07 bits per heavy atom. The molecule has 2 aliphatic rings. The van der Waals surface area contributed by atoms with Crippen LogP contribution in [0.5, 0.6) is 0 Å². The van der Waals surface area contributed by atoms with Gasteiger partial charge >= 0.3 is 0 Å². The molecule has 1 heterocycles. The average molecular weight is 390 g/mol. The number of rotatable bonds is 6. The smallest absolute Gasteiger partial charge is 0.225 e. The number of nitrogens with one attached hydrogen (secondary N) is 1. The Hall–Kier alpha value is -3.12. The van der Waals surface area contributed by atoms with Crippen LogP contribution in [-0.4, -0.2) is 24.8 Å². The van der Waals surface area contributed by atoms with Gasteiger partial charge < -0.3 is 10.2 Å². The molecule has 0 aromatic heterocycles. The summed E-state index contributed by atoms with van der Waals surface area (Å²) >= 11 is 0. The van der Waals surface area contributed by atoms with E-state index in [4.69, 9.17) is 10.5 Å². The second kappa shape index (κ2) is 8.49. The van der Waals surface area contributed by atoms with Gasteiger partial charge in [0.2, 0.25) is 5.91 Å². The molecule has 0 saturated carbocycles. The maximum Gasteiger partial charge on any atom is 0.225 e. The normalized spacial score (nSPS) is 20.3. The number of hydrogen-bond donors (Lipinski definition) is 1. The fourth-order valence-electron chi connectivity index (χ4n) is 4.30. The third-order valence-electron chi connectivity index (χ3n) is 5.60. The third-order valence-corrected chi connectivity index (χ3v) is 5.60. The Morgan fingerprint density at radius 3 is 2.28 bits per heavy atom. The third kappa shape index (κ3) is 4.66. The molecule has 0 unspecified atom stereocenters. The number of Topliss-reactive ketones (excluding diaryl/α,β-unsaturated/α-hetero) is 1. The van der Waals surface area contributed by atoms with Gasteiger partial charge in [-0.1, -0.05) is 26.0 Å². The van der Waals surface area contributed by atoms with Crippen molar-refractivity contribution >= 4 is 17.4 Å². The molecule has 1 aromatic rings. The second-order valence-electron chi connectivity index (χ2n) is 8.53. The Kier molecular flexibility index (Phi) is 6.03. The van der Waals surface area contributed by atoms with Gasteiger partial charge in [-0.25, -0.2) is 0 Å². The van der Waals surface area contributed by atoms with Crippen LogP contribution >= 0.6 is 0 Å². The fourth-order valence-corrected chi connectivity index (χ4v) is 4.30. The zero-order valence-electron chi connectivity index (χ0n) is 17.0. The van der Waals surface area contributed by atoms with Crippen molar-refractivity contribution in [1.82, 2.24) is 5.32 Å². The standard InChI is InChI=1S/C23H26N4O2/c1-23(2)14-19-22(20(28)15-23)18(13-21(29)26-19)16-5-7-17(8-6-16)27(11-3-9-24)12-4-10-25/h5-8,18H,3-4,11-15H2,1-2H3,(H,26,29)/t18-/m1/s1. The van der Waals surface area contributed by atoms with Crippen LogP contribution in [0.3, 0.4) is 0 Å². The van der Waals surface area contributed by atoms with Crippen LogP contribution in [0.4, 0.5) is 5.69 Å². The number of nitrogens with zero attached hydrogens (tertiary/aromatic N) is 3. The molecule has 6 heteroatoms. The SMILES string of the molecule is CC1(C)CC(=O)C2=C(C1)NC(=O)C[C@@H]2c1ccc(N(CCC#N)CCC#N)cc1. The molecule has 29 heavy (non-hydrogen) atoms. The van der Waals surface area contributed by atoms with Crippen molar-refractivity contribution in [2.75, 3.05) is 18.0 Å². The van der Waals surface area contributed by atoms with E-state index in [1.807, 2.05) is 29.2 Å². The van der Waals surface area contributed by atoms with Crippen molar-refractivity contribution in [2.24, 2.45) is 5.41 Å². The van der Waals surface area contributed by atoms with Crippen LogP contribution in [0.25, 0.3) is 0 Å². The molecule has 1 aromatic carbocycles. The van der Waals surface area contributed by atoms with E-state index in [0.29, 0.717) is 38.8 Å². The molecule has 1 amide bonds. The van der Waals surface area contributed by atoms with Crippen LogP contribution in [0.1, 0.15) is 57.4 Å². The minimum absolute atomic E-state index is 0.0482. The lowest BCUT2D eigenvalue weighted by Crippen LogP contribution is -2.40. The van der Waals surface area contributed by atoms with Gasteiger partial charge in [-0.3, -0.25) is 9.59 Å². The maximum absolute atomic E-state index is 12.9. The Labute approximate surface area is 171 Å². The predicted molar refractivity (Wildman–Crippen MR) is 110 cm³/mol. The number of hydrogen-bond acceptors (Lipinski definition) is 5. The summed E-state index contributed by atoms with van der Waals surface area (Å²) in [7, 11) is 0. The summed E-state index contributed by atoms with van der Waals surface area (Å²) in [6.45, 7) is 5.23. The summed E-state index contributed by atoms with van der Waals surface area (Å²) < 4.78 is 0. The molecule has 0 bridgehead atoms. The summed E-state index contributed by atoms with van der Waals surface area (Å²) in [5, 5.41) is 20.7. The first-order valence-electron chi connectivity index (χ1n) is 9.99. The second-order valence-corrected chi connectivity index (χ2v) is 8.53. The van der Waals surface area contributed by atoms with Crippen LogP contribution in [0, 0.1) is 28.1 Å². The van der Waals surface area contributed by atoms with E-state index in [2.05, 4.69) is 31.3 Å². The Balaban J connectivity index is 1.88. The summed E-state index contributed by atoms with van der Waals surface area (Å²) in [6, 6.07) is 12.1. The minimum Gasteiger partial charge on any atom is -0.369 e. The molecule has 0 spiro atoms.